The van der Waals surface area contributed by atoms with E-state index in [-0.39, 0.29) is 5.97 Å². The number of nitrogens with one attached hydrogen (secondary N) is 1. The Morgan fingerprint density at radius 2 is 2.29 bits per heavy atom. The molecule has 0 aliphatic carbocycles. The minimum atomic E-state index is -0.169. The third-order valence-electron chi connectivity index (χ3n) is 2.17. The van der Waals surface area contributed by atoms with Crippen LogP contribution in [0.4, 0.5) is 11.4 Å². The summed E-state index contributed by atoms with van der Waals surface area (Å²) in [4.78, 5) is 11.1. The molecular formula is C12H17ClN2O2. The third-order valence-corrected chi connectivity index (χ3v) is 2.48. The SMILES string of the molecule is CCOC(=O)CCCNc1ccc(N)cc1Cl. The van der Waals surface area contributed by atoms with Crippen LogP contribution in [0.25, 0.3) is 0 Å². The molecule has 0 unspecified atom stereocenters. The fraction of sp³-hybridized carbons (Fsp3) is 0.417. The van der Waals surface area contributed by atoms with Crippen LogP contribution in [0.3, 0.4) is 0 Å². The number of esters is 1. The molecular weight excluding hydrogens is 240 g/mol. The molecule has 3 N–H and O–H groups in total. The van der Waals surface area contributed by atoms with Crippen molar-refractivity contribution in [3.8, 4) is 0 Å². The summed E-state index contributed by atoms with van der Waals surface area (Å²) in [5.41, 5.74) is 7.04. The fourth-order valence-corrected chi connectivity index (χ4v) is 1.62. The predicted octanol–water partition coefficient (Wildman–Crippen LogP) is 2.68. The van der Waals surface area contributed by atoms with Crippen molar-refractivity contribution in [2.45, 2.75) is 19.8 Å². The van der Waals surface area contributed by atoms with E-state index in [1.807, 2.05) is 6.07 Å². The second-order valence-electron chi connectivity index (χ2n) is 3.57. The minimum Gasteiger partial charge on any atom is -0.466 e. The number of carbonyl (C=O) groups is 1. The molecule has 1 aromatic carbocycles. The van der Waals surface area contributed by atoms with Crippen molar-refractivity contribution in [3.05, 3.63) is 23.2 Å². The van der Waals surface area contributed by atoms with Crippen molar-refractivity contribution < 1.29 is 9.53 Å². The topological polar surface area (TPSA) is 64.3 Å². The molecule has 0 amide bonds. The Kier molecular flexibility index (Phi) is 5.63. The predicted molar refractivity (Wildman–Crippen MR) is 70.2 cm³/mol. The first kappa shape index (κ1) is 13.6. The van der Waals surface area contributed by atoms with Crippen molar-refractivity contribution in [2.24, 2.45) is 0 Å². The van der Waals surface area contributed by atoms with Gasteiger partial charge in [0.25, 0.3) is 0 Å². The maximum absolute atomic E-state index is 11.1. The first-order valence-corrected chi connectivity index (χ1v) is 5.95. The van der Waals surface area contributed by atoms with Crippen LogP contribution in [-0.2, 0) is 9.53 Å². The molecule has 94 valence electrons. The van der Waals surface area contributed by atoms with Gasteiger partial charge in [0.15, 0.2) is 0 Å². The monoisotopic (exact) mass is 256 g/mol. The standard InChI is InChI=1S/C12H17ClN2O2/c1-2-17-12(16)4-3-7-15-11-6-5-9(14)8-10(11)13/h5-6,8,15H,2-4,7,14H2,1H3. The molecule has 0 saturated carbocycles. The van der Waals surface area contributed by atoms with Crippen molar-refractivity contribution in [1.29, 1.82) is 0 Å². The number of ether oxygens (including phenoxy) is 1. The highest BCUT2D eigenvalue weighted by atomic mass is 35.5. The zero-order valence-corrected chi connectivity index (χ0v) is 10.6. The van der Waals surface area contributed by atoms with Crippen LogP contribution in [0.5, 0.6) is 0 Å². The molecule has 0 fully saturated rings. The van der Waals surface area contributed by atoms with E-state index in [4.69, 9.17) is 22.1 Å². The number of hydrogen-bond donors (Lipinski definition) is 2. The van der Waals surface area contributed by atoms with E-state index in [1.54, 1.807) is 19.1 Å². The summed E-state index contributed by atoms with van der Waals surface area (Å²) in [5, 5.41) is 3.73. The lowest BCUT2D eigenvalue weighted by atomic mass is 10.2. The molecule has 1 aromatic rings. The zero-order valence-electron chi connectivity index (χ0n) is 9.83. The highest BCUT2D eigenvalue weighted by molar-refractivity contribution is 6.33. The minimum absolute atomic E-state index is 0.169. The van der Waals surface area contributed by atoms with Crippen LogP contribution < -0.4 is 11.1 Å². The lowest BCUT2D eigenvalue weighted by Gasteiger charge is -2.08. The second-order valence-corrected chi connectivity index (χ2v) is 3.98. The van der Waals surface area contributed by atoms with Gasteiger partial charge in [0.2, 0.25) is 0 Å². The average molecular weight is 257 g/mol. The maximum Gasteiger partial charge on any atom is 0.305 e. The Labute approximate surface area is 106 Å². The fourth-order valence-electron chi connectivity index (χ4n) is 1.36. The molecule has 0 atom stereocenters. The first-order valence-electron chi connectivity index (χ1n) is 5.58. The Morgan fingerprint density at radius 1 is 1.53 bits per heavy atom. The summed E-state index contributed by atoms with van der Waals surface area (Å²) >= 11 is 5.99. The number of anilines is 2. The smallest absolute Gasteiger partial charge is 0.305 e. The average Bonchev–Trinajstić information content (AvgIpc) is 2.27. The third kappa shape index (κ3) is 4.95. The highest BCUT2D eigenvalue weighted by Gasteiger charge is 2.02. The van der Waals surface area contributed by atoms with Gasteiger partial charge in [-0.1, -0.05) is 11.6 Å². The number of benzene rings is 1. The molecule has 5 heteroatoms. The first-order chi connectivity index (χ1) is 8.13. The number of rotatable bonds is 6. The molecule has 0 aliphatic heterocycles. The molecule has 0 saturated heterocycles. The van der Waals surface area contributed by atoms with Gasteiger partial charge in [-0.2, -0.15) is 0 Å². The van der Waals surface area contributed by atoms with E-state index in [0.29, 0.717) is 36.7 Å². The molecule has 1 rings (SSSR count). The van der Waals surface area contributed by atoms with Gasteiger partial charge in [0, 0.05) is 18.7 Å². The van der Waals surface area contributed by atoms with Crippen LogP contribution in [0.2, 0.25) is 5.02 Å². The summed E-state index contributed by atoms with van der Waals surface area (Å²) in [6, 6.07) is 5.29. The molecule has 4 nitrogen and oxygen atoms in total. The summed E-state index contributed by atoms with van der Waals surface area (Å²) in [5.74, 6) is -0.169. The van der Waals surface area contributed by atoms with Crippen LogP contribution in [0, 0.1) is 0 Å². The van der Waals surface area contributed by atoms with Crippen LogP contribution in [-0.4, -0.2) is 19.1 Å². The van der Waals surface area contributed by atoms with Crippen molar-refractivity contribution in [1.82, 2.24) is 0 Å². The summed E-state index contributed by atoms with van der Waals surface area (Å²) in [6.45, 7) is 2.89. The van der Waals surface area contributed by atoms with Crippen molar-refractivity contribution in [3.63, 3.8) is 0 Å². The van der Waals surface area contributed by atoms with E-state index in [2.05, 4.69) is 5.32 Å². The van der Waals surface area contributed by atoms with E-state index in [0.717, 1.165) is 5.69 Å². The highest BCUT2D eigenvalue weighted by Crippen LogP contribution is 2.23. The van der Waals surface area contributed by atoms with E-state index >= 15 is 0 Å². The van der Waals surface area contributed by atoms with E-state index < -0.39 is 0 Å². The molecule has 0 bridgehead atoms. The summed E-state index contributed by atoms with van der Waals surface area (Å²) in [7, 11) is 0. The van der Waals surface area contributed by atoms with Crippen molar-refractivity contribution in [2.75, 3.05) is 24.2 Å². The summed E-state index contributed by atoms with van der Waals surface area (Å²) < 4.78 is 4.82. The maximum atomic E-state index is 11.1. The van der Waals surface area contributed by atoms with Crippen LogP contribution in [0.1, 0.15) is 19.8 Å². The van der Waals surface area contributed by atoms with Gasteiger partial charge in [-0.05, 0) is 31.5 Å². The van der Waals surface area contributed by atoms with Gasteiger partial charge in [-0.25, -0.2) is 0 Å². The van der Waals surface area contributed by atoms with Gasteiger partial charge in [0.1, 0.15) is 0 Å². The molecule has 0 aromatic heterocycles. The quantitative estimate of drug-likeness (QED) is 0.467. The van der Waals surface area contributed by atoms with E-state index in [9.17, 15) is 4.79 Å². The van der Waals surface area contributed by atoms with Crippen LogP contribution >= 0.6 is 11.6 Å². The van der Waals surface area contributed by atoms with Gasteiger partial charge in [0.05, 0.1) is 17.3 Å². The number of nitrogens with two attached hydrogens (primary N) is 1. The molecule has 0 spiro atoms. The Morgan fingerprint density at radius 3 is 2.94 bits per heavy atom. The van der Waals surface area contributed by atoms with Gasteiger partial charge in [-0.3, -0.25) is 4.79 Å². The molecule has 17 heavy (non-hydrogen) atoms. The lowest BCUT2D eigenvalue weighted by molar-refractivity contribution is -0.143. The number of nitrogen functional groups attached to an aromatic ring is 1. The van der Waals surface area contributed by atoms with Crippen molar-refractivity contribution >= 4 is 28.9 Å². The van der Waals surface area contributed by atoms with Gasteiger partial charge in [-0.15, -0.1) is 0 Å². The molecule has 0 aliphatic rings. The molecule has 0 heterocycles. The number of halogens is 1. The Bertz CT molecular complexity index is 383. The van der Waals surface area contributed by atoms with Gasteiger partial charge >= 0.3 is 5.97 Å². The number of carbonyl (C=O) groups excluding carboxylic acids is 1. The largest absolute Gasteiger partial charge is 0.466 e. The Balaban J connectivity index is 2.29. The second kappa shape index (κ2) is 7.01. The Hall–Kier alpha value is -1.42. The summed E-state index contributed by atoms with van der Waals surface area (Å²) in [6.07, 6.45) is 1.12. The lowest BCUT2D eigenvalue weighted by Crippen LogP contribution is -2.08. The van der Waals surface area contributed by atoms with E-state index in [1.165, 1.54) is 0 Å². The van der Waals surface area contributed by atoms with Crippen LogP contribution in [0.15, 0.2) is 18.2 Å². The molecule has 0 radical (unpaired) electrons. The number of hydrogen-bond acceptors (Lipinski definition) is 4. The van der Waals surface area contributed by atoms with Gasteiger partial charge < -0.3 is 15.8 Å². The normalized spacial score (nSPS) is 10.0. The zero-order chi connectivity index (χ0) is 12.7.